The highest BCUT2D eigenvalue weighted by atomic mass is 16.6. The number of hydrogen-bond acceptors (Lipinski definition) is 7. The zero-order chi connectivity index (χ0) is 28.8. The number of methoxy groups -OCH3 is 1. The Morgan fingerprint density at radius 1 is 0.951 bits per heavy atom. The minimum atomic E-state index is -0.824. The third-order valence-electron chi connectivity index (χ3n) is 7.35. The molecule has 5 rings (SSSR count). The second-order valence-corrected chi connectivity index (χ2v) is 10.1. The highest BCUT2D eigenvalue weighted by molar-refractivity contribution is 6.46. The van der Waals surface area contributed by atoms with Crippen LogP contribution < -0.4 is 18.9 Å². The molecule has 1 saturated heterocycles. The van der Waals surface area contributed by atoms with Crippen molar-refractivity contribution < 1.29 is 33.6 Å². The van der Waals surface area contributed by atoms with Crippen molar-refractivity contribution >= 4 is 17.4 Å². The largest absolute Gasteiger partial charge is 0.507 e. The average molecular weight is 558 g/mol. The van der Waals surface area contributed by atoms with E-state index in [9.17, 15) is 14.7 Å². The number of hydrogen-bond donors (Lipinski definition) is 1. The maximum Gasteiger partial charge on any atom is 0.295 e. The van der Waals surface area contributed by atoms with Crippen molar-refractivity contribution in [3.05, 3.63) is 89.0 Å². The normalized spacial score (nSPS) is 17.5. The Morgan fingerprint density at radius 2 is 1.73 bits per heavy atom. The number of ether oxygens (including phenoxy) is 4. The van der Waals surface area contributed by atoms with Crippen LogP contribution in [0.2, 0.25) is 0 Å². The first kappa shape index (κ1) is 28.1. The van der Waals surface area contributed by atoms with Gasteiger partial charge in [-0.15, -0.1) is 0 Å². The van der Waals surface area contributed by atoms with Crippen LogP contribution in [-0.2, 0) is 16.0 Å². The zero-order valence-electron chi connectivity index (χ0n) is 23.4. The summed E-state index contributed by atoms with van der Waals surface area (Å²) in [6, 6.07) is 19.3. The lowest BCUT2D eigenvalue weighted by Gasteiger charge is -2.26. The topological polar surface area (TPSA) is 94.5 Å². The number of benzene rings is 3. The van der Waals surface area contributed by atoms with Crippen molar-refractivity contribution in [2.75, 3.05) is 33.5 Å². The molecule has 214 valence electrons. The molecule has 0 spiro atoms. The van der Waals surface area contributed by atoms with Crippen molar-refractivity contribution in [3.8, 4) is 23.0 Å². The standard InChI is InChI=1S/C33H35NO7/c1-3-4-8-17-39-25-13-11-23(20-27(25)38-2)30-29(31(35)24-12-14-26-28(21-24)41-19-18-40-26)32(36)33(37)34(30)16-15-22-9-6-5-7-10-22/h5-7,9-14,20-21,30,35H,3-4,8,15-19H2,1-2H3/t30-/m1/s1. The number of likely N-dealkylation sites (tertiary alicyclic amines) is 1. The fourth-order valence-corrected chi connectivity index (χ4v) is 5.21. The summed E-state index contributed by atoms with van der Waals surface area (Å²) in [6.07, 6.45) is 3.63. The Balaban J connectivity index is 1.54. The van der Waals surface area contributed by atoms with E-state index < -0.39 is 17.7 Å². The fraction of sp³-hybridized carbons (Fsp3) is 0.333. The minimum Gasteiger partial charge on any atom is -0.507 e. The van der Waals surface area contributed by atoms with Crippen LogP contribution in [0.5, 0.6) is 23.0 Å². The second-order valence-electron chi connectivity index (χ2n) is 10.1. The van der Waals surface area contributed by atoms with Crippen LogP contribution in [0.3, 0.4) is 0 Å². The first-order valence-electron chi connectivity index (χ1n) is 14.0. The lowest BCUT2D eigenvalue weighted by atomic mass is 9.94. The molecule has 2 aliphatic rings. The Labute approximate surface area is 240 Å². The third kappa shape index (κ3) is 6.01. The van der Waals surface area contributed by atoms with Gasteiger partial charge in [0.1, 0.15) is 19.0 Å². The molecular formula is C33H35NO7. The molecule has 8 nitrogen and oxygen atoms in total. The fourth-order valence-electron chi connectivity index (χ4n) is 5.21. The van der Waals surface area contributed by atoms with Gasteiger partial charge in [-0.25, -0.2) is 0 Å². The molecular weight excluding hydrogens is 522 g/mol. The van der Waals surface area contributed by atoms with E-state index in [2.05, 4.69) is 6.92 Å². The van der Waals surface area contributed by atoms with Crippen LogP contribution in [0.25, 0.3) is 5.76 Å². The number of aliphatic hydroxyl groups excluding tert-OH is 1. The van der Waals surface area contributed by atoms with E-state index in [1.54, 1.807) is 37.4 Å². The molecule has 0 unspecified atom stereocenters. The van der Waals surface area contributed by atoms with Crippen molar-refractivity contribution in [1.29, 1.82) is 0 Å². The monoisotopic (exact) mass is 557 g/mol. The Hall–Kier alpha value is -4.46. The molecule has 0 aromatic heterocycles. The molecule has 0 saturated carbocycles. The summed E-state index contributed by atoms with van der Waals surface area (Å²) in [5.74, 6) is 0.435. The maximum atomic E-state index is 13.5. The number of Topliss-reactive ketones (excluding diaryl/α,β-unsaturated/α-hetero) is 1. The van der Waals surface area contributed by atoms with Crippen molar-refractivity contribution in [1.82, 2.24) is 4.90 Å². The molecule has 41 heavy (non-hydrogen) atoms. The number of nitrogens with zero attached hydrogens (tertiary/aromatic N) is 1. The maximum absolute atomic E-state index is 13.5. The Kier molecular flexibility index (Phi) is 8.77. The molecule has 2 aliphatic heterocycles. The van der Waals surface area contributed by atoms with Crippen LogP contribution in [-0.4, -0.2) is 55.2 Å². The van der Waals surface area contributed by atoms with Gasteiger partial charge in [0.2, 0.25) is 0 Å². The highest BCUT2D eigenvalue weighted by Crippen LogP contribution is 2.43. The van der Waals surface area contributed by atoms with Gasteiger partial charge in [-0.2, -0.15) is 0 Å². The molecule has 1 N–H and O–H groups in total. The number of aliphatic hydroxyl groups is 1. The van der Waals surface area contributed by atoms with Crippen molar-refractivity contribution in [2.24, 2.45) is 0 Å². The SMILES string of the molecule is CCCCCOc1ccc([C@@H]2C(=C(O)c3ccc4c(c3)OCCO4)C(=O)C(=O)N2CCc2ccccc2)cc1OC. The number of ketones is 1. The number of fused-ring (bicyclic) bond motifs is 1. The zero-order valence-corrected chi connectivity index (χ0v) is 23.4. The van der Waals surface area contributed by atoms with Gasteiger partial charge in [-0.05, 0) is 54.3 Å². The molecule has 0 radical (unpaired) electrons. The van der Waals surface area contributed by atoms with Gasteiger partial charge in [0.15, 0.2) is 23.0 Å². The van der Waals surface area contributed by atoms with Crippen LogP contribution in [0.4, 0.5) is 0 Å². The number of carbonyl (C=O) groups is 2. The van der Waals surface area contributed by atoms with Gasteiger partial charge in [-0.3, -0.25) is 9.59 Å². The highest BCUT2D eigenvalue weighted by Gasteiger charge is 2.46. The van der Waals surface area contributed by atoms with Crippen LogP contribution in [0, 0.1) is 0 Å². The molecule has 0 bridgehead atoms. The molecule has 2 heterocycles. The van der Waals surface area contributed by atoms with E-state index >= 15 is 0 Å². The quantitative estimate of drug-likeness (QED) is 0.140. The van der Waals surface area contributed by atoms with E-state index in [0.29, 0.717) is 60.4 Å². The molecule has 1 amide bonds. The molecule has 3 aromatic rings. The van der Waals surface area contributed by atoms with Crippen LogP contribution in [0.1, 0.15) is 48.9 Å². The van der Waals surface area contributed by atoms with Gasteiger partial charge >= 0.3 is 0 Å². The van der Waals surface area contributed by atoms with Gasteiger partial charge in [0, 0.05) is 12.1 Å². The summed E-state index contributed by atoms with van der Waals surface area (Å²) in [7, 11) is 1.56. The summed E-state index contributed by atoms with van der Waals surface area (Å²) in [4.78, 5) is 28.5. The minimum absolute atomic E-state index is 0.0124. The lowest BCUT2D eigenvalue weighted by Crippen LogP contribution is -2.31. The smallest absolute Gasteiger partial charge is 0.295 e. The van der Waals surface area contributed by atoms with Gasteiger partial charge in [-0.1, -0.05) is 56.2 Å². The first-order chi connectivity index (χ1) is 20.0. The Morgan fingerprint density at radius 3 is 2.49 bits per heavy atom. The van der Waals surface area contributed by atoms with E-state index in [1.807, 2.05) is 36.4 Å². The molecule has 1 fully saturated rings. The van der Waals surface area contributed by atoms with Gasteiger partial charge in [0.25, 0.3) is 11.7 Å². The van der Waals surface area contributed by atoms with Gasteiger partial charge < -0.3 is 29.0 Å². The van der Waals surface area contributed by atoms with E-state index in [0.717, 1.165) is 24.8 Å². The molecule has 8 heteroatoms. The van der Waals surface area contributed by atoms with Crippen LogP contribution in [0.15, 0.2) is 72.3 Å². The predicted molar refractivity (Wildman–Crippen MR) is 155 cm³/mol. The van der Waals surface area contributed by atoms with E-state index in [1.165, 1.54) is 4.90 Å². The lowest BCUT2D eigenvalue weighted by molar-refractivity contribution is -0.139. The van der Waals surface area contributed by atoms with Gasteiger partial charge in [0.05, 0.1) is 25.3 Å². The molecule has 3 aromatic carbocycles. The summed E-state index contributed by atoms with van der Waals surface area (Å²) < 4.78 is 22.9. The number of rotatable bonds is 11. The summed E-state index contributed by atoms with van der Waals surface area (Å²) in [5, 5.41) is 11.5. The third-order valence-corrected chi connectivity index (χ3v) is 7.35. The van der Waals surface area contributed by atoms with Crippen molar-refractivity contribution in [2.45, 2.75) is 38.6 Å². The number of carbonyl (C=O) groups excluding carboxylic acids is 2. The average Bonchev–Trinajstić information content (AvgIpc) is 3.27. The number of amides is 1. The summed E-state index contributed by atoms with van der Waals surface area (Å²) >= 11 is 0. The molecule has 0 aliphatic carbocycles. The van der Waals surface area contributed by atoms with Crippen molar-refractivity contribution in [3.63, 3.8) is 0 Å². The van der Waals surface area contributed by atoms with E-state index in [-0.39, 0.29) is 17.9 Å². The summed E-state index contributed by atoms with van der Waals surface area (Å²) in [6.45, 7) is 3.80. The second kappa shape index (κ2) is 12.8. The van der Waals surface area contributed by atoms with Crippen LogP contribution >= 0.6 is 0 Å². The Bertz CT molecular complexity index is 1430. The van der Waals surface area contributed by atoms with E-state index in [4.69, 9.17) is 18.9 Å². The number of unbranched alkanes of at least 4 members (excludes halogenated alkanes) is 2. The first-order valence-corrected chi connectivity index (χ1v) is 14.0. The summed E-state index contributed by atoms with van der Waals surface area (Å²) in [5.41, 5.74) is 2.05. The predicted octanol–water partition coefficient (Wildman–Crippen LogP) is 5.70. The molecule has 1 atom stereocenters.